The number of nitrogens with one attached hydrogen (secondary N) is 1. The summed E-state index contributed by atoms with van der Waals surface area (Å²) in [5.41, 5.74) is 1.82. The predicted octanol–water partition coefficient (Wildman–Crippen LogP) is 2.55. The predicted molar refractivity (Wildman–Crippen MR) is 112 cm³/mol. The Kier molecular flexibility index (Phi) is 4.89. The van der Waals surface area contributed by atoms with Crippen LogP contribution >= 0.6 is 0 Å². The van der Waals surface area contributed by atoms with Crippen LogP contribution in [0.15, 0.2) is 29.6 Å². The van der Waals surface area contributed by atoms with Gasteiger partial charge in [-0.3, -0.25) is 4.79 Å². The van der Waals surface area contributed by atoms with E-state index in [0.717, 1.165) is 23.6 Å². The number of hydrogen-bond donors (Lipinski definition) is 1. The minimum atomic E-state index is -3.58. The molecule has 0 bridgehead atoms. The summed E-state index contributed by atoms with van der Waals surface area (Å²) < 4.78 is 38.3. The van der Waals surface area contributed by atoms with Crippen molar-refractivity contribution in [1.82, 2.24) is 14.5 Å². The van der Waals surface area contributed by atoms with Gasteiger partial charge in [0.15, 0.2) is 26.4 Å². The van der Waals surface area contributed by atoms with Crippen molar-refractivity contribution >= 4 is 32.5 Å². The number of carbonyl (C=O) groups excluding carboxylic acids is 1. The number of nitrogens with zero attached hydrogens (tertiary/aromatic N) is 3. The van der Waals surface area contributed by atoms with Gasteiger partial charge in [0, 0.05) is 43.4 Å². The molecule has 30 heavy (non-hydrogen) atoms. The van der Waals surface area contributed by atoms with Gasteiger partial charge in [0.25, 0.3) is 0 Å². The molecule has 0 spiro atoms. The fourth-order valence-electron chi connectivity index (χ4n) is 3.39. The van der Waals surface area contributed by atoms with Crippen molar-refractivity contribution in [3.63, 3.8) is 0 Å². The van der Waals surface area contributed by atoms with Gasteiger partial charge < -0.3 is 19.4 Å². The molecule has 0 radical (unpaired) electrons. The first-order chi connectivity index (χ1) is 14.2. The highest BCUT2D eigenvalue weighted by atomic mass is 32.2. The van der Waals surface area contributed by atoms with E-state index in [4.69, 9.17) is 9.47 Å². The number of rotatable bonds is 4. The molecule has 3 aromatic rings. The second-order valence-electron chi connectivity index (χ2n) is 7.29. The number of anilines is 1. The first-order valence-corrected chi connectivity index (χ1v) is 11.3. The molecule has 0 saturated carbocycles. The van der Waals surface area contributed by atoms with Gasteiger partial charge in [-0.1, -0.05) is 6.92 Å². The van der Waals surface area contributed by atoms with E-state index in [2.05, 4.69) is 15.3 Å². The first-order valence-electron chi connectivity index (χ1n) is 9.45. The van der Waals surface area contributed by atoms with Crippen LogP contribution in [0.3, 0.4) is 0 Å². The fraction of sp³-hybridized carbons (Fsp3) is 0.350. The van der Waals surface area contributed by atoms with E-state index in [1.54, 1.807) is 12.3 Å². The molecule has 1 aliphatic heterocycles. The second kappa shape index (κ2) is 7.28. The Balaban J connectivity index is 1.98. The average Bonchev–Trinajstić information content (AvgIpc) is 3.01. The summed E-state index contributed by atoms with van der Waals surface area (Å²) in [6.07, 6.45) is 5.14. The standard InChI is InChI=1S/C20H22N4O5S/c1-5-12-10-28-20-16(29-12)7-18(30(4,26)27)23-19(20)14-9-24(3)15-8-21-17(6-13(14)15)22-11(2)25/h6-9,12H,5,10H2,1-4H3,(H,21,22,25). The third kappa shape index (κ3) is 3.58. The first kappa shape index (κ1) is 20.1. The van der Waals surface area contributed by atoms with Gasteiger partial charge in [0.05, 0.1) is 11.7 Å². The molecule has 0 saturated heterocycles. The quantitative estimate of drug-likeness (QED) is 0.677. The molecule has 3 aromatic heterocycles. The van der Waals surface area contributed by atoms with Crippen molar-refractivity contribution in [2.75, 3.05) is 18.2 Å². The Morgan fingerprint density at radius 3 is 2.80 bits per heavy atom. The number of aryl methyl sites for hydroxylation is 1. The highest BCUT2D eigenvalue weighted by molar-refractivity contribution is 7.90. The summed E-state index contributed by atoms with van der Waals surface area (Å²) in [5.74, 6) is 0.902. The Labute approximate surface area is 174 Å². The highest BCUT2D eigenvalue weighted by Crippen LogP contribution is 2.44. The molecule has 1 N–H and O–H groups in total. The van der Waals surface area contributed by atoms with Gasteiger partial charge in [0.2, 0.25) is 5.91 Å². The van der Waals surface area contributed by atoms with Gasteiger partial charge in [-0.05, 0) is 12.5 Å². The van der Waals surface area contributed by atoms with Crippen LogP contribution in [0.4, 0.5) is 5.82 Å². The smallest absolute Gasteiger partial charge is 0.222 e. The van der Waals surface area contributed by atoms with Gasteiger partial charge >= 0.3 is 0 Å². The maximum absolute atomic E-state index is 12.3. The number of sulfone groups is 1. The third-order valence-corrected chi connectivity index (χ3v) is 5.86. The van der Waals surface area contributed by atoms with Crippen molar-refractivity contribution in [3.8, 4) is 22.8 Å². The average molecular weight is 430 g/mol. The van der Waals surface area contributed by atoms with Crippen LogP contribution in [0.25, 0.3) is 22.2 Å². The summed E-state index contributed by atoms with van der Waals surface area (Å²) in [7, 11) is -1.73. The molecule has 0 aliphatic carbocycles. The van der Waals surface area contributed by atoms with Crippen molar-refractivity contribution in [2.45, 2.75) is 31.4 Å². The van der Waals surface area contributed by atoms with E-state index in [1.807, 2.05) is 24.7 Å². The third-order valence-electron chi connectivity index (χ3n) is 4.89. The molecule has 0 fully saturated rings. The molecule has 4 heterocycles. The molecule has 9 nitrogen and oxygen atoms in total. The molecule has 0 aromatic carbocycles. The summed E-state index contributed by atoms with van der Waals surface area (Å²) in [4.78, 5) is 20.1. The van der Waals surface area contributed by atoms with E-state index >= 15 is 0 Å². The molecule has 1 aliphatic rings. The summed E-state index contributed by atoms with van der Waals surface area (Å²) in [6, 6.07) is 3.14. The molecular formula is C20H22N4O5S. The van der Waals surface area contributed by atoms with Crippen molar-refractivity contribution in [2.24, 2.45) is 7.05 Å². The maximum Gasteiger partial charge on any atom is 0.222 e. The van der Waals surface area contributed by atoms with Crippen LogP contribution in [0.5, 0.6) is 11.5 Å². The highest BCUT2D eigenvalue weighted by Gasteiger charge is 2.28. The molecule has 1 amide bonds. The minimum absolute atomic E-state index is 0.0928. The zero-order valence-corrected chi connectivity index (χ0v) is 17.9. The summed E-state index contributed by atoms with van der Waals surface area (Å²) in [6.45, 7) is 3.72. The number of pyridine rings is 2. The molecule has 1 unspecified atom stereocenters. The maximum atomic E-state index is 12.3. The SMILES string of the molecule is CCC1COc2c(cc(S(C)(=O)=O)nc2-c2cn(C)c3cnc(NC(C)=O)cc23)O1. The van der Waals surface area contributed by atoms with Crippen LogP contribution in [0, 0.1) is 0 Å². The molecule has 158 valence electrons. The lowest BCUT2D eigenvalue weighted by molar-refractivity contribution is -0.114. The van der Waals surface area contributed by atoms with Crippen LogP contribution in [-0.2, 0) is 21.7 Å². The van der Waals surface area contributed by atoms with Crippen molar-refractivity contribution in [3.05, 3.63) is 24.5 Å². The van der Waals surface area contributed by atoms with Gasteiger partial charge in [-0.15, -0.1) is 0 Å². The Bertz CT molecular complexity index is 1270. The van der Waals surface area contributed by atoms with Gasteiger partial charge in [-0.2, -0.15) is 0 Å². The topological polar surface area (TPSA) is 112 Å². The lowest BCUT2D eigenvalue weighted by atomic mass is 10.1. The zero-order chi connectivity index (χ0) is 21.6. The van der Waals surface area contributed by atoms with Crippen molar-refractivity contribution in [1.29, 1.82) is 0 Å². The Morgan fingerprint density at radius 1 is 1.37 bits per heavy atom. The number of hydrogen-bond acceptors (Lipinski definition) is 7. The lowest BCUT2D eigenvalue weighted by Gasteiger charge is -2.27. The minimum Gasteiger partial charge on any atom is -0.484 e. The van der Waals surface area contributed by atoms with E-state index in [-0.39, 0.29) is 17.0 Å². The monoisotopic (exact) mass is 430 g/mol. The van der Waals surface area contributed by atoms with Crippen LogP contribution in [0.1, 0.15) is 20.3 Å². The van der Waals surface area contributed by atoms with E-state index in [1.165, 1.54) is 13.0 Å². The lowest BCUT2D eigenvalue weighted by Crippen LogP contribution is -2.29. The normalized spacial score (nSPS) is 15.9. The van der Waals surface area contributed by atoms with Gasteiger partial charge in [-0.25, -0.2) is 18.4 Å². The number of carbonyl (C=O) groups is 1. The number of amides is 1. The Morgan fingerprint density at radius 2 is 2.13 bits per heavy atom. The van der Waals surface area contributed by atoms with E-state index in [0.29, 0.717) is 35.2 Å². The number of ether oxygens (including phenoxy) is 2. The number of fused-ring (bicyclic) bond motifs is 2. The van der Waals surface area contributed by atoms with Crippen LogP contribution in [-0.4, -0.2) is 47.8 Å². The second-order valence-corrected chi connectivity index (χ2v) is 9.25. The molecule has 4 rings (SSSR count). The fourth-order valence-corrected chi connectivity index (χ4v) is 3.97. The van der Waals surface area contributed by atoms with Crippen LogP contribution in [0.2, 0.25) is 0 Å². The van der Waals surface area contributed by atoms with E-state index in [9.17, 15) is 13.2 Å². The Hall–Kier alpha value is -3.14. The number of aromatic nitrogens is 3. The molecule has 1 atom stereocenters. The largest absolute Gasteiger partial charge is 0.484 e. The molecule has 10 heteroatoms. The zero-order valence-electron chi connectivity index (χ0n) is 17.1. The van der Waals surface area contributed by atoms with Gasteiger partial charge in [0.1, 0.15) is 24.2 Å². The molecular weight excluding hydrogens is 408 g/mol. The van der Waals surface area contributed by atoms with E-state index < -0.39 is 9.84 Å². The van der Waals surface area contributed by atoms with Crippen molar-refractivity contribution < 1.29 is 22.7 Å². The summed E-state index contributed by atoms with van der Waals surface area (Å²) >= 11 is 0. The van der Waals surface area contributed by atoms with Crippen LogP contribution < -0.4 is 14.8 Å². The summed E-state index contributed by atoms with van der Waals surface area (Å²) in [5, 5.41) is 3.32.